The van der Waals surface area contributed by atoms with E-state index in [1.807, 2.05) is 77.6 Å². The monoisotopic (exact) mass is 516 g/mol. The Morgan fingerprint density at radius 1 is 0.917 bits per heavy atom. The first kappa shape index (κ1) is 23.9. The van der Waals surface area contributed by atoms with Crippen LogP contribution < -0.4 is 10.9 Å². The van der Waals surface area contributed by atoms with Gasteiger partial charge in [-0.1, -0.05) is 47.5 Å². The second kappa shape index (κ2) is 9.64. The van der Waals surface area contributed by atoms with Gasteiger partial charge in [-0.15, -0.1) is 0 Å². The molecule has 2 heterocycles. The molecule has 0 aliphatic carbocycles. The van der Waals surface area contributed by atoms with E-state index in [0.717, 1.165) is 22.6 Å². The van der Waals surface area contributed by atoms with E-state index in [1.54, 1.807) is 24.4 Å². The highest BCUT2D eigenvalue weighted by molar-refractivity contribution is 6.42. The van der Waals surface area contributed by atoms with Gasteiger partial charge in [0.2, 0.25) is 0 Å². The summed E-state index contributed by atoms with van der Waals surface area (Å²) in [5.74, 6) is -0.302. The van der Waals surface area contributed by atoms with Crippen LogP contribution in [0.4, 0.5) is 0 Å². The number of hydrogen-bond donors (Lipinski definition) is 1. The minimum Gasteiger partial charge on any atom is -0.331 e. The van der Waals surface area contributed by atoms with Gasteiger partial charge in [0.25, 0.3) is 5.91 Å². The number of para-hydroxylation sites is 2. The number of aromatic nitrogens is 2. The molecule has 5 rings (SSSR count). The summed E-state index contributed by atoms with van der Waals surface area (Å²) in [5.41, 5.74) is 7.66. The number of hydrogen-bond acceptors (Lipinski definition) is 3. The fourth-order valence-electron chi connectivity index (χ4n) is 4.54. The molecule has 0 unspecified atom stereocenters. The van der Waals surface area contributed by atoms with Crippen LogP contribution in [0.25, 0.3) is 27.5 Å². The first-order chi connectivity index (χ1) is 17.3. The number of benzene rings is 3. The lowest BCUT2D eigenvalue weighted by atomic mass is 10.1. The van der Waals surface area contributed by atoms with Gasteiger partial charge in [0.15, 0.2) is 5.43 Å². The summed E-state index contributed by atoms with van der Waals surface area (Å²) in [4.78, 5) is 25.8. The van der Waals surface area contributed by atoms with Crippen molar-refractivity contribution in [2.24, 2.45) is 5.10 Å². The van der Waals surface area contributed by atoms with Crippen LogP contribution in [-0.2, 0) is 11.3 Å². The van der Waals surface area contributed by atoms with Crippen LogP contribution in [0.2, 0.25) is 10.0 Å². The minimum atomic E-state index is -0.302. The number of nitrogens with one attached hydrogen (secondary N) is 1. The second-order valence-corrected chi connectivity index (χ2v) is 9.32. The smallest absolute Gasteiger partial charge is 0.260 e. The summed E-state index contributed by atoms with van der Waals surface area (Å²) in [6.07, 6.45) is 1.62. The van der Waals surface area contributed by atoms with Gasteiger partial charge in [0, 0.05) is 33.4 Å². The molecule has 0 saturated carbocycles. The van der Waals surface area contributed by atoms with Gasteiger partial charge in [-0.2, -0.15) is 5.10 Å². The molecule has 0 atom stereocenters. The molecule has 0 fully saturated rings. The third kappa shape index (κ3) is 4.30. The van der Waals surface area contributed by atoms with Crippen LogP contribution in [0.3, 0.4) is 0 Å². The number of amides is 1. The van der Waals surface area contributed by atoms with E-state index in [1.165, 1.54) is 0 Å². The normalized spacial score (nSPS) is 11.6. The van der Waals surface area contributed by atoms with E-state index in [4.69, 9.17) is 23.2 Å². The molecule has 0 aliphatic rings. The first-order valence-electron chi connectivity index (χ1n) is 11.3. The molecule has 0 aliphatic heterocycles. The predicted octanol–water partition coefficient (Wildman–Crippen LogP) is 6.02. The lowest BCUT2D eigenvalue weighted by molar-refractivity contribution is -0.121. The van der Waals surface area contributed by atoms with Crippen molar-refractivity contribution in [1.29, 1.82) is 0 Å². The maximum absolute atomic E-state index is 12.9. The van der Waals surface area contributed by atoms with E-state index in [9.17, 15) is 9.59 Å². The maximum atomic E-state index is 12.9. The van der Waals surface area contributed by atoms with Crippen LogP contribution in [0.15, 0.2) is 82.7 Å². The Kier molecular flexibility index (Phi) is 6.39. The molecule has 1 N–H and O–H groups in total. The predicted molar refractivity (Wildman–Crippen MR) is 147 cm³/mol. The van der Waals surface area contributed by atoms with Gasteiger partial charge in [-0.3, -0.25) is 9.59 Å². The third-order valence-electron chi connectivity index (χ3n) is 6.21. The quantitative estimate of drug-likeness (QED) is 0.176. The molecule has 3 aromatic carbocycles. The molecule has 8 heteroatoms. The first-order valence-corrected chi connectivity index (χ1v) is 12.1. The summed E-state index contributed by atoms with van der Waals surface area (Å²) in [6.45, 7) is 3.97. The summed E-state index contributed by atoms with van der Waals surface area (Å²) < 4.78 is 3.89. The Bertz CT molecular complexity index is 1670. The van der Waals surface area contributed by atoms with Gasteiger partial charge < -0.3 is 9.13 Å². The van der Waals surface area contributed by atoms with E-state index >= 15 is 0 Å². The molecule has 5 aromatic rings. The average molecular weight is 517 g/mol. The molecule has 2 aromatic heterocycles. The molecule has 0 saturated heterocycles. The zero-order chi connectivity index (χ0) is 25.4. The summed E-state index contributed by atoms with van der Waals surface area (Å²) in [7, 11) is 0. The van der Waals surface area contributed by atoms with E-state index < -0.39 is 0 Å². The number of hydrazone groups is 1. The van der Waals surface area contributed by atoms with Crippen LogP contribution >= 0.6 is 23.2 Å². The van der Waals surface area contributed by atoms with Crippen LogP contribution in [0.5, 0.6) is 0 Å². The highest BCUT2D eigenvalue weighted by Crippen LogP contribution is 2.27. The van der Waals surface area contributed by atoms with Gasteiger partial charge in [-0.05, 0) is 62.4 Å². The number of nitrogens with zero attached hydrogens (tertiary/aromatic N) is 3. The summed E-state index contributed by atoms with van der Waals surface area (Å²) in [6, 6.07) is 22.0. The van der Waals surface area contributed by atoms with E-state index in [-0.39, 0.29) is 17.9 Å². The van der Waals surface area contributed by atoms with Crippen LogP contribution in [0.1, 0.15) is 17.0 Å². The zero-order valence-electron chi connectivity index (χ0n) is 19.6. The van der Waals surface area contributed by atoms with Gasteiger partial charge in [-0.25, -0.2) is 5.43 Å². The van der Waals surface area contributed by atoms with E-state index in [2.05, 4.69) is 10.5 Å². The molecule has 0 spiro atoms. The van der Waals surface area contributed by atoms with Crippen molar-refractivity contribution in [3.05, 3.63) is 110 Å². The molecule has 1 amide bonds. The number of halogens is 2. The third-order valence-corrected chi connectivity index (χ3v) is 6.94. The molecular formula is C28H22Cl2N4O2. The highest BCUT2D eigenvalue weighted by atomic mass is 35.5. The molecular weight excluding hydrogens is 495 g/mol. The average Bonchev–Trinajstić information content (AvgIpc) is 3.16. The molecule has 0 radical (unpaired) electrons. The van der Waals surface area contributed by atoms with E-state index in [0.29, 0.717) is 31.9 Å². The Morgan fingerprint density at radius 2 is 1.56 bits per heavy atom. The Labute approximate surface area is 217 Å². The lowest BCUT2D eigenvalue weighted by Gasteiger charge is -2.14. The van der Waals surface area contributed by atoms with Gasteiger partial charge in [0.05, 0.1) is 27.3 Å². The van der Waals surface area contributed by atoms with Gasteiger partial charge >= 0.3 is 0 Å². The topological polar surface area (TPSA) is 68.4 Å². The van der Waals surface area contributed by atoms with Gasteiger partial charge in [0.1, 0.15) is 6.54 Å². The lowest BCUT2D eigenvalue weighted by Crippen LogP contribution is -2.25. The van der Waals surface area contributed by atoms with Crippen LogP contribution in [-0.4, -0.2) is 21.3 Å². The maximum Gasteiger partial charge on any atom is 0.260 e. The summed E-state index contributed by atoms with van der Waals surface area (Å²) >= 11 is 12.3. The SMILES string of the molecule is Cc1cc(/C=N/NC(=O)Cn2c3ccccc3c(=O)c3ccccc32)c(C)n1-c1ccc(Cl)c(Cl)c1. The second-order valence-electron chi connectivity index (χ2n) is 8.50. The number of carbonyl (C=O) groups excluding carboxylic acids is 1. The number of rotatable bonds is 5. The molecule has 36 heavy (non-hydrogen) atoms. The van der Waals surface area contributed by atoms with Crippen molar-refractivity contribution >= 4 is 57.1 Å². The largest absolute Gasteiger partial charge is 0.331 e. The van der Waals surface area contributed by atoms with Crippen molar-refractivity contribution < 1.29 is 4.79 Å². The van der Waals surface area contributed by atoms with Crippen molar-refractivity contribution in [2.75, 3.05) is 0 Å². The number of fused-ring (bicyclic) bond motifs is 2. The highest BCUT2D eigenvalue weighted by Gasteiger charge is 2.13. The number of pyridine rings is 1. The van der Waals surface area contributed by atoms with Crippen molar-refractivity contribution in [1.82, 2.24) is 14.6 Å². The standard InChI is InChI=1S/C28H22Cl2N4O2/c1-17-13-19(18(2)34(17)20-11-12-23(29)24(30)14-20)15-31-32-27(35)16-33-25-9-5-3-7-21(25)28(36)22-8-4-6-10-26(22)33/h3-15H,16H2,1-2H3,(H,32,35)/b31-15+. The Balaban J connectivity index is 1.40. The van der Waals surface area contributed by atoms with Crippen LogP contribution in [0, 0.1) is 13.8 Å². The van der Waals surface area contributed by atoms with Crippen molar-refractivity contribution in [3.8, 4) is 5.69 Å². The minimum absolute atomic E-state index is 0.0148. The van der Waals surface area contributed by atoms with Crippen molar-refractivity contribution in [3.63, 3.8) is 0 Å². The fourth-order valence-corrected chi connectivity index (χ4v) is 4.83. The fraction of sp³-hybridized carbons (Fsp3) is 0.107. The molecule has 6 nitrogen and oxygen atoms in total. The molecule has 0 bridgehead atoms. The zero-order valence-corrected chi connectivity index (χ0v) is 21.1. The number of carbonyl (C=O) groups is 1. The van der Waals surface area contributed by atoms with Crippen molar-refractivity contribution in [2.45, 2.75) is 20.4 Å². The Hall–Kier alpha value is -3.87. The molecule has 180 valence electrons. The summed E-state index contributed by atoms with van der Waals surface area (Å²) in [5, 5.41) is 6.31. The Morgan fingerprint density at radius 3 is 2.19 bits per heavy atom. The number of aryl methyl sites for hydroxylation is 1.